The van der Waals surface area contributed by atoms with Crippen LogP contribution in [0.15, 0.2) is 48.5 Å². The molecule has 2 aromatic rings. The second-order valence-electron chi connectivity index (χ2n) is 6.86. The highest BCUT2D eigenvalue weighted by Crippen LogP contribution is 2.26. The highest BCUT2D eigenvalue weighted by atomic mass is 35.5. The van der Waals surface area contributed by atoms with E-state index in [4.69, 9.17) is 25.8 Å². The number of carbonyl (C=O) groups is 1. The normalized spacial score (nSPS) is 26.7. The Hall–Kier alpha value is -2.16. The first kappa shape index (κ1) is 21.5. The standard InChI is InChI=1S/C21H23ClO7/c1-12-20(19(25)18(24)17(10-23)28-12)29-21(26)14-7-15(22)9-16(8-14)27-11-13-5-3-2-4-6-13/h2-9,12,17-20,23-25H,10-11H2,1H3/t12?,17-,18-,19+,20+/m1/s1. The van der Waals surface area contributed by atoms with Crippen molar-refractivity contribution in [3.05, 3.63) is 64.7 Å². The number of aliphatic hydroxyl groups is 3. The van der Waals surface area contributed by atoms with Gasteiger partial charge in [-0.25, -0.2) is 4.79 Å². The molecular weight excluding hydrogens is 400 g/mol. The van der Waals surface area contributed by atoms with Crippen LogP contribution in [-0.2, 0) is 16.1 Å². The molecule has 3 N–H and O–H groups in total. The lowest BCUT2D eigenvalue weighted by atomic mass is 9.95. The Morgan fingerprint density at radius 3 is 2.55 bits per heavy atom. The third-order valence-corrected chi connectivity index (χ3v) is 4.92. The topological polar surface area (TPSA) is 105 Å². The molecule has 0 radical (unpaired) electrons. The molecule has 0 bridgehead atoms. The fourth-order valence-electron chi connectivity index (χ4n) is 3.14. The van der Waals surface area contributed by atoms with E-state index < -0.39 is 43.1 Å². The minimum Gasteiger partial charge on any atom is -0.489 e. The molecule has 8 heteroatoms. The summed E-state index contributed by atoms with van der Waals surface area (Å²) in [5, 5.41) is 29.8. The van der Waals surface area contributed by atoms with Gasteiger partial charge in [0.25, 0.3) is 0 Å². The summed E-state index contributed by atoms with van der Waals surface area (Å²) in [4.78, 5) is 12.6. The number of aliphatic hydroxyl groups excluding tert-OH is 3. The third kappa shape index (κ3) is 5.26. The van der Waals surface area contributed by atoms with Crippen molar-refractivity contribution in [2.24, 2.45) is 0 Å². The lowest BCUT2D eigenvalue weighted by Gasteiger charge is -2.40. The lowest BCUT2D eigenvalue weighted by Crippen LogP contribution is -2.58. The summed E-state index contributed by atoms with van der Waals surface area (Å²) in [5.41, 5.74) is 1.10. The molecule has 29 heavy (non-hydrogen) atoms. The Bertz CT molecular complexity index is 829. The average molecular weight is 423 g/mol. The van der Waals surface area contributed by atoms with Gasteiger partial charge in [0.15, 0.2) is 6.10 Å². The van der Waals surface area contributed by atoms with E-state index in [0.717, 1.165) is 5.56 Å². The van der Waals surface area contributed by atoms with Gasteiger partial charge in [-0.15, -0.1) is 0 Å². The number of halogens is 1. The largest absolute Gasteiger partial charge is 0.489 e. The molecule has 156 valence electrons. The van der Waals surface area contributed by atoms with Crippen LogP contribution in [0.3, 0.4) is 0 Å². The highest BCUT2D eigenvalue weighted by molar-refractivity contribution is 6.31. The monoisotopic (exact) mass is 422 g/mol. The summed E-state index contributed by atoms with van der Waals surface area (Å²) in [6.07, 6.45) is -5.54. The van der Waals surface area contributed by atoms with Crippen LogP contribution in [0.25, 0.3) is 0 Å². The van der Waals surface area contributed by atoms with Gasteiger partial charge < -0.3 is 29.5 Å². The zero-order valence-electron chi connectivity index (χ0n) is 15.8. The Balaban J connectivity index is 1.69. The Labute approximate surface area is 173 Å². The predicted octanol–water partition coefficient (Wildman–Crippen LogP) is 1.95. The maximum absolute atomic E-state index is 12.6. The van der Waals surface area contributed by atoms with Gasteiger partial charge >= 0.3 is 5.97 Å². The van der Waals surface area contributed by atoms with E-state index in [0.29, 0.717) is 12.4 Å². The summed E-state index contributed by atoms with van der Waals surface area (Å²) < 4.78 is 16.5. The third-order valence-electron chi connectivity index (χ3n) is 4.70. The van der Waals surface area contributed by atoms with Crippen LogP contribution in [0.2, 0.25) is 5.02 Å². The highest BCUT2D eigenvalue weighted by Gasteiger charge is 2.44. The summed E-state index contributed by atoms with van der Waals surface area (Å²) >= 11 is 6.11. The average Bonchev–Trinajstić information content (AvgIpc) is 2.72. The van der Waals surface area contributed by atoms with Crippen molar-refractivity contribution in [1.29, 1.82) is 0 Å². The van der Waals surface area contributed by atoms with Gasteiger partial charge in [0.1, 0.15) is 30.7 Å². The summed E-state index contributed by atoms with van der Waals surface area (Å²) in [6.45, 7) is 1.43. The SMILES string of the molecule is CC1O[C@H](CO)[C@@H](O)[C@H](O)[C@H]1OC(=O)c1cc(Cl)cc(OCc2ccccc2)c1. The minimum atomic E-state index is -1.40. The van der Waals surface area contributed by atoms with Crippen molar-refractivity contribution >= 4 is 17.6 Å². The van der Waals surface area contributed by atoms with Crippen LogP contribution in [-0.4, -0.2) is 58.4 Å². The van der Waals surface area contributed by atoms with Gasteiger partial charge in [0, 0.05) is 5.02 Å². The van der Waals surface area contributed by atoms with Gasteiger partial charge in [-0.1, -0.05) is 41.9 Å². The van der Waals surface area contributed by atoms with Crippen LogP contribution < -0.4 is 4.74 Å². The molecular formula is C21H23ClO7. The number of benzene rings is 2. The van der Waals surface area contributed by atoms with Gasteiger partial charge in [-0.2, -0.15) is 0 Å². The van der Waals surface area contributed by atoms with Crippen molar-refractivity contribution in [3.63, 3.8) is 0 Å². The first-order chi connectivity index (χ1) is 13.9. The number of hydrogen-bond acceptors (Lipinski definition) is 7. The fraction of sp³-hybridized carbons (Fsp3) is 0.381. The maximum Gasteiger partial charge on any atom is 0.338 e. The predicted molar refractivity (Wildman–Crippen MR) is 105 cm³/mol. The molecule has 0 amide bonds. The Morgan fingerprint density at radius 1 is 1.14 bits per heavy atom. The molecule has 3 rings (SSSR count). The van der Waals surface area contributed by atoms with E-state index in [2.05, 4.69) is 0 Å². The van der Waals surface area contributed by atoms with Gasteiger partial charge in [0.2, 0.25) is 0 Å². The first-order valence-corrected chi connectivity index (χ1v) is 9.57. The molecule has 0 spiro atoms. The minimum absolute atomic E-state index is 0.138. The molecule has 0 aromatic heterocycles. The summed E-state index contributed by atoms with van der Waals surface area (Å²) in [5.74, 6) is -0.353. The van der Waals surface area contributed by atoms with Crippen LogP contribution in [0.5, 0.6) is 5.75 Å². The van der Waals surface area contributed by atoms with Crippen molar-refractivity contribution in [2.75, 3.05) is 6.61 Å². The molecule has 1 heterocycles. The Kier molecular flexibility index (Phi) is 7.10. The molecule has 0 aliphatic carbocycles. The zero-order chi connectivity index (χ0) is 21.0. The number of carbonyl (C=O) groups excluding carboxylic acids is 1. The zero-order valence-corrected chi connectivity index (χ0v) is 16.5. The lowest BCUT2D eigenvalue weighted by molar-refractivity contribution is -0.224. The summed E-state index contributed by atoms with van der Waals surface area (Å²) in [6, 6.07) is 14.0. The molecule has 1 unspecified atom stereocenters. The molecule has 5 atom stereocenters. The molecule has 7 nitrogen and oxygen atoms in total. The fourth-order valence-corrected chi connectivity index (χ4v) is 3.36. The van der Waals surface area contributed by atoms with Gasteiger partial charge in [-0.05, 0) is 30.7 Å². The second kappa shape index (κ2) is 9.56. The molecule has 1 aliphatic heterocycles. The van der Waals surface area contributed by atoms with Crippen molar-refractivity contribution in [1.82, 2.24) is 0 Å². The smallest absolute Gasteiger partial charge is 0.338 e. The molecule has 1 fully saturated rings. The van der Waals surface area contributed by atoms with Crippen LogP contribution in [0.1, 0.15) is 22.8 Å². The Morgan fingerprint density at radius 2 is 1.86 bits per heavy atom. The van der Waals surface area contributed by atoms with E-state index >= 15 is 0 Å². The maximum atomic E-state index is 12.6. The van der Waals surface area contributed by atoms with E-state index in [1.807, 2.05) is 30.3 Å². The van der Waals surface area contributed by atoms with E-state index in [-0.39, 0.29) is 10.6 Å². The number of ether oxygens (including phenoxy) is 3. The molecule has 2 aromatic carbocycles. The van der Waals surface area contributed by atoms with Gasteiger partial charge in [0.05, 0.1) is 18.3 Å². The van der Waals surface area contributed by atoms with Crippen LogP contribution >= 0.6 is 11.6 Å². The van der Waals surface area contributed by atoms with Crippen molar-refractivity contribution in [2.45, 2.75) is 44.1 Å². The number of rotatable bonds is 6. The quantitative estimate of drug-likeness (QED) is 0.611. The molecule has 1 saturated heterocycles. The van der Waals surface area contributed by atoms with E-state index in [1.165, 1.54) is 12.1 Å². The molecule has 0 saturated carbocycles. The summed E-state index contributed by atoms with van der Waals surface area (Å²) in [7, 11) is 0. The number of hydrogen-bond donors (Lipinski definition) is 3. The van der Waals surface area contributed by atoms with Crippen LogP contribution in [0, 0.1) is 0 Å². The van der Waals surface area contributed by atoms with E-state index in [9.17, 15) is 20.1 Å². The van der Waals surface area contributed by atoms with Crippen LogP contribution in [0.4, 0.5) is 0 Å². The van der Waals surface area contributed by atoms with E-state index in [1.54, 1.807) is 13.0 Å². The second-order valence-corrected chi connectivity index (χ2v) is 7.30. The first-order valence-electron chi connectivity index (χ1n) is 9.19. The van der Waals surface area contributed by atoms with Crippen molar-refractivity contribution < 1.29 is 34.3 Å². The van der Waals surface area contributed by atoms with Gasteiger partial charge in [-0.3, -0.25) is 0 Å². The van der Waals surface area contributed by atoms with Crippen molar-refractivity contribution in [3.8, 4) is 5.75 Å². The molecule has 1 aliphatic rings. The number of esters is 1.